The third-order valence-corrected chi connectivity index (χ3v) is 4.40. The van der Waals surface area contributed by atoms with Crippen LogP contribution in [0.2, 0.25) is 5.02 Å². The lowest BCUT2D eigenvalue weighted by atomic mass is 10.2. The molecule has 0 saturated carbocycles. The minimum Gasteiger partial charge on any atom is -0.354 e. The Bertz CT molecular complexity index is 469. The standard InChI is InChI=1S/C13H15BrClN3/c14-12-7-10(15)8-16-13(12)18-6-3-11(9-18)17-4-1-2-5-17/h1-2,7-8,11H,3-6,9H2/t11-/m1/s1. The largest absolute Gasteiger partial charge is 0.354 e. The predicted molar refractivity (Wildman–Crippen MR) is 78.3 cm³/mol. The normalized spacial score (nSPS) is 24.1. The highest BCUT2D eigenvalue weighted by Crippen LogP contribution is 2.30. The molecule has 0 amide bonds. The zero-order chi connectivity index (χ0) is 12.5. The van der Waals surface area contributed by atoms with Gasteiger partial charge in [-0.1, -0.05) is 23.8 Å². The molecule has 1 aromatic rings. The molecule has 96 valence electrons. The van der Waals surface area contributed by atoms with Crippen molar-refractivity contribution in [1.82, 2.24) is 9.88 Å². The van der Waals surface area contributed by atoms with Crippen molar-refractivity contribution in [3.63, 3.8) is 0 Å². The lowest BCUT2D eigenvalue weighted by Crippen LogP contribution is -2.35. The Morgan fingerprint density at radius 2 is 2.11 bits per heavy atom. The first-order chi connectivity index (χ1) is 8.74. The molecule has 0 aliphatic carbocycles. The van der Waals surface area contributed by atoms with E-state index in [1.807, 2.05) is 6.07 Å². The molecule has 1 saturated heterocycles. The second-order valence-electron chi connectivity index (χ2n) is 4.77. The van der Waals surface area contributed by atoms with Gasteiger partial charge >= 0.3 is 0 Å². The van der Waals surface area contributed by atoms with E-state index in [9.17, 15) is 0 Å². The smallest absolute Gasteiger partial charge is 0.143 e. The second-order valence-corrected chi connectivity index (χ2v) is 6.06. The Balaban J connectivity index is 1.71. The van der Waals surface area contributed by atoms with Crippen LogP contribution in [0.15, 0.2) is 28.9 Å². The number of anilines is 1. The molecule has 3 heterocycles. The van der Waals surface area contributed by atoms with Crippen LogP contribution in [0.1, 0.15) is 6.42 Å². The molecule has 0 radical (unpaired) electrons. The number of pyridine rings is 1. The maximum Gasteiger partial charge on any atom is 0.143 e. The van der Waals surface area contributed by atoms with Gasteiger partial charge in [0.25, 0.3) is 0 Å². The van der Waals surface area contributed by atoms with Gasteiger partial charge in [-0.2, -0.15) is 0 Å². The minimum absolute atomic E-state index is 0.643. The number of halogens is 2. The van der Waals surface area contributed by atoms with Crippen molar-refractivity contribution < 1.29 is 0 Å². The quantitative estimate of drug-likeness (QED) is 0.778. The molecule has 2 aliphatic rings. The highest BCUT2D eigenvalue weighted by molar-refractivity contribution is 9.10. The lowest BCUT2D eigenvalue weighted by Gasteiger charge is -2.24. The summed E-state index contributed by atoms with van der Waals surface area (Å²) in [6, 6.07) is 2.55. The van der Waals surface area contributed by atoms with E-state index in [-0.39, 0.29) is 0 Å². The van der Waals surface area contributed by atoms with E-state index in [1.54, 1.807) is 6.20 Å². The van der Waals surface area contributed by atoms with Crippen LogP contribution in [0.25, 0.3) is 0 Å². The Morgan fingerprint density at radius 1 is 1.33 bits per heavy atom. The van der Waals surface area contributed by atoms with Crippen molar-refractivity contribution in [2.75, 3.05) is 31.1 Å². The molecule has 1 aromatic heterocycles. The Hall–Kier alpha value is -0.580. The number of hydrogen-bond donors (Lipinski definition) is 0. The van der Waals surface area contributed by atoms with Gasteiger partial charge in [-0.05, 0) is 28.4 Å². The number of hydrogen-bond acceptors (Lipinski definition) is 3. The van der Waals surface area contributed by atoms with E-state index in [4.69, 9.17) is 11.6 Å². The zero-order valence-corrected chi connectivity index (χ0v) is 12.4. The fourth-order valence-corrected chi connectivity index (χ4v) is 3.55. The summed E-state index contributed by atoms with van der Waals surface area (Å²) in [6.45, 7) is 4.30. The summed E-state index contributed by atoms with van der Waals surface area (Å²) in [5.74, 6) is 1.01. The molecule has 3 rings (SSSR count). The van der Waals surface area contributed by atoms with Gasteiger partial charge in [0.2, 0.25) is 0 Å². The monoisotopic (exact) mass is 327 g/mol. The van der Waals surface area contributed by atoms with Gasteiger partial charge in [0.15, 0.2) is 0 Å². The summed E-state index contributed by atoms with van der Waals surface area (Å²) in [5.41, 5.74) is 0. The molecule has 2 aliphatic heterocycles. The number of aromatic nitrogens is 1. The van der Waals surface area contributed by atoms with Crippen LogP contribution >= 0.6 is 27.5 Å². The summed E-state index contributed by atoms with van der Waals surface area (Å²) in [4.78, 5) is 9.29. The molecule has 1 atom stereocenters. The van der Waals surface area contributed by atoms with Gasteiger partial charge in [-0.3, -0.25) is 4.90 Å². The van der Waals surface area contributed by atoms with Crippen LogP contribution in [-0.4, -0.2) is 42.1 Å². The van der Waals surface area contributed by atoms with Gasteiger partial charge in [-0.15, -0.1) is 0 Å². The first-order valence-electron chi connectivity index (χ1n) is 6.19. The van der Waals surface area contributed by atoms with Gasteiger partial charge in [-0.25, -0.2) is 4.98 Å². The highest BCUT2D eigenvalue weighted by atomic mass is 79.9. The van der Waals surface area contributed by atoms with E-state index in [0.717, 1.165) is 36.5 Å². The Morgan fingerprint density at radius 3 is 2.83 bits per heavy atom. The third-order valence-electron chi connectivity index (χ3n) is 3.61. The third kappa shape index (κ3) is 2.42. The molecule has 0 aromatic carbocycles. The predicted octanol–water partition coefficient (Wildman–Crippen LogP) is 2.95. The molecule has 1 fully saturated rings. The highest BCUT2D eigenvalue weighted by Gasteiger charge is 2.29. The molecule has 0 spiro atoms. The van der Waals surface area contributed by atoms with E-state index in [1.165, 1.54) is 6.42 Å². The number of nitrogens with zero attached hydrogens (tertiary/aromatic N) is 3. The van der Waals surface area contributed by atoms with Crippen molar-refractivity contribution in [3.8, 4) is 0 Å². The van der Waals surface area contributed by atoms with E-state index in [0.29, 0.717) is 11.1 Å². The summed E-state index contributed by atoms with van der Waals surface area (Å²) in [7, 11) is 0. The minimum atomic E-state index is 0.643. The van der Waals surface area contributed by atoms with Crippen LogP contribution in [0.4, 0.5) is 5.82 Å². The average Bonchev–Trinajstić information content (AvgIpc) is 2.99. The van der Waals surface area contributed by atoms with Crippen LogP contribution in [0.3, 0.4) is 0 Å². The molecular weight excluding hydrogens is 314 g/mol. The van der Waals surface area contributed by atoms with Crippen molar-refractivity contribution in [2.45, 2.75) is 12.5 Å². The SMILES string of the molecule is Clc1cnc(N2CC[C@@H](N3CC=CC3)C2)c(Br)c1. The topological polar surface area (TPSA) is 19.4 Å². The molecular formula is C13H15BrClN3. The Labute approximate surface area is 121 Å². The zero-order valence-electron chi connectivity index (χ0n) is 10.0. The van der Waals surface area contributed by atoms with Gasteiger partial charge in [0.05, 0.1) is 9.50 Å². The fraction of sp³-hybridized carbons (Fsp3) is 0.462. The van der Waals surface area contributed by atoms with Crippen molar-refractivity contribution in [1.29, 1.82) is 0 Å². The van der Waals surface area contributed by atoms with Crippen LogP contribution in [0.5, 0.6) is 0 Å². The Kier molecular flexibility index (Phi) is 3.59. The number of rotatable bonds is 2. The second kappa shape index (κ2) is 5.19. The van der Waals surface area contributed by atoms with E-state index < -0.39 is 0 Å². The van der Waals surface area contributed by atoms with Gasteiger partial charge in [0, 0.05) is 38.4 Å². The molecule has 18 heavy (non-hydrogen) atoms. The molecule has 0 N–H and O–H groups in total. The van der Waals surface area contributed by atoms with E-state index >= 15 is 0 Å². The first kappa shape index (κ1) is 12.5. The average molecular weight is 329 g/mol. The first-order valence-corrected chi connectivity index (χ1v) is 7.36. The molecule has 0 unspecified atom stereocenters. The van der Waals surface area contributed by atoms with Gasteiger partial charge < -0.3 is 4.90 Å². The van der Waals surface area contributed by atoms with Gasteiger partial charge in [0.1, 0.15) is 5.82 Å². The summed E-state index contributed by atoms with van der Waals surface area (Å²) in [5, 5.41) is 0.671. The molecule has 0 bridgehead atoms. The summed E-state index contributed by atoms with van der Waals surface area (Å²) in [6.07, 6.45) is 7.42. The molecule has 5 heteroatoms. The fourth-order valence-electron chi connectivity index (χ4n) is 2.66. The van der Waals surface area contributed by atoms with Crippen molar-refractivity contribution in [3.05, 3.63) is 33.9 Å². The summed E-state index contributed by atoms with van der Waals surface area (Å²) >= 11 is 9.47. The van der Waals surface area contributed by atoms with Crippen molar-refractivity contribution in [2.24, 2.45) is 0 Å². The van der Waals surface area contributed by atoms with Crippen molar-refractivity contribution >= 4 is 33.3 Å². The summed E-state index contributed by atoms with van der Waals surface area (Å²) < 4.78 is 0.982. The molecule has 3 nitrogen and oxygen atoms in total. The van der Waals surface area contributed by atoms with E-state index in [2.05, 4.69) is 42.9 Å². The maximum atomic E-state index is 5.93. The maximum absolute atomic E-state index is 5.93. The van der Waals surface area contributed by atoms with Crippen LogP contribution in [0, 0.1) is 0 Å². The van der Waals surface area contributed by atoms with Crippen LogP contribution < -0.4 is 4.90 Å². The van der Waals surface area contributed by atoms with Crippen LogP contribution in [-0.2, 0) is 0 Å². The lowest BCUT2D eigenvalue weighted by molar-refractivity contribution is 0.271.